The van der Waals surface area contributed by atoms with Crippen LogP contribution in [0.3, 0.4) is 0 Å². The summed E-state index contributed by atoms with van der Waals surface area (Å²) in [5, 5.41) is 6.52. The molecule has 0 radical (unpaired) electrons. The van der Waals surface area contributed by atoms with Crippen molar-refractivity contribution in [2.45, 2.75) is 20.5 Å². The molecule has 32 heavy (non-hydrogen) atoms. The summed E-state index contributed by atoms with van der Waals surface area (Å²) < 4.78 is 11.1. The molecule has 0 atom stereocenters. The second kappa shape index (κ2) is 9.62. The van der Waals surface area contributed by atoms with Crippen LogP contribution in [0.2, 0.25) is 0 Å². The zero-order chi connectivity index (χ0) is 22.5. The number of aryl methyl sites for hydroxylation is 2. The lowest BCUT2D eigenvalue weighted by Crippen LogP contribution is -2.31. The van der Waals surface area contributed by atoms with Crippen molar-refractivity contribution in [2.75, 3.05) is 11.4 Å². The van der Waals surface area contributed by atoms with Gasteiger partial charge in [-0.15, -0.1) is 17.9 Å². The summed E-state index contributed by atoms with van der Waals surface area (Å²) in [4.78, 5) is 19.6. The molecule has 6 nitrogen and oxygen atoms in total. The van der Waals surface area contributed by atoms with Crippen molar-refractivity contribution in [1.29, 1.82) is 0 Å². The zero-order valence-corrected chi connectivity index (χ0v) is 18.8. The molecule has 0 spiro atoms. The minimum absolute atomic E-state index is 0.165. The third-order valence-corrected chi connectivity index (χ3v) is 5.86. The van der Waals surface area contributed by atoms with E-state index in [-0.39, 0.29) is 5.91 Å². The predicted molar refractivity (Wildman–Crippen MR) is 126 cm³/mol. The van der Waals surface area contributed by atoms with Crippen LogP contribution in [-0.2, 0) is 6.61 Å². The van der Waals surface area contributed by atoms with Crippen LogP contribution in [0, 0.1) is 13.8 Å². The van der Waals surface area contributed by atoms with E-state index in [4.69, 9.17) is 9.26 Å². The number of nitrogens with zero attached hydrogens (tertiary/aromatic N) is 3. The van der Waals surface area contributed by atoms with Crippen LogP contribution in [0.1, 0.15) is 27.4 Å². The van der Waals surface area contributed by atoms with Gasteiger partial charge in [0.15, 0.2) is 5.13 Å². The molecule has 0 unspecified atom stereocenters. The first-order valence-corrected chi connectivity index (χ1v) is 11.0. The first-order valence-electron chi connectivity index (χ1n) is 10.1. The van der Waals surface area contributed by atoms with Gasteiger partial charge in [0, 0.05) is 23.1 Å². The van der Waals surface area contributed by atoms with Crippen molar-refractivity contribution < 1.29 is 14.1 Å². The molecule has 2 aromatic heterocycles. The lowest BCUT2D eigenvalue weighted by molar-refractivity contribution is 0.0989. The molecule has 4 rings (SSSR count). The van der Waals surface area contributed by atoms with E-state index in [0.717, 1.165) is 28.3 Å². The minimum atomic E-state index is -0.165. The molecule has 2 heterocycles. The molecule has 0 saturated heterocycles. The van der Waals surface area contributed by atoms with Crippen LogP contribution in [0.5, 0.6) is 5.75 Å². The Morgan fingerprint density at radius 2 is 2.00 bits per heavy atom. The Labute approximate surface area is 190 Å². The summed E-state index contributed by atoms with van der Waals surface area (Å²) in [6.07, 6.45) is 1.69. The van der Waals surface area contributed by atoms with Gasteiger partial charge in [0.25, 0.3) is 5.91 Å². The van der Waals surface area contributed by atoms with E-state index in [0.29, 0.717) is 29.6 Å². The smallest absolute Gasteiger partial charge is 0.260 e. The average Bonchev–Trinajstić information content (AvgIpc) is 3.43. The summed E-state index contributed by atoms with van der Waals surface area (Å²) in [6, 6.07) is 17.0. The molecule has 0 N–H and O–H groups in total. The average molecular weight is 446 g/mol. The third-order valence-electron chi connectivity index (χ3n) is 4.99. The van der Waals surface area contributed by atoms with Crippen molar-refractivity contribution in [3.63, 3.8) is 0 Å². The van der Waals surface area contributed by atoms with Gasteiger partial charge in [-0.25, -0.2) is 4.98 Å². The Kier molecular flexibility index (Phi) is 6.47. The maximum Gasteiger partial charge on any atom is 0.260 e. The van der Waals surface area contributed by atoms with Gasteiger partial charge < -0.3 is 9.26 Å². The summed E-state index contributed by atoms with van der Waals surface area (Å²) >= 11 is 1.43. The van der Waals surface area contributed by atoms with Crippen LogP contribution in [0.4, 0.5) is 5.13 Å². The molecular formula is C25H23N3O3S. The number of ether oxygens (including phenoxy) is 1. The van der Waals surface area contributed by atoms with Crippen molar-refractivity contribution in [1.82, 2.24) is 10.1 Å². The van der Waals surface area contributed by atoms with Gasteiger partial charge in [-0.3, -0.25) is 9.69 Å². The molecule has 0 fully saturated rings. The fraction of sp³-hybridized carbons (Fsp3) is 0.160. The highest BCUT2D eigenvalue weighted by molar-refractivity contribution is 7.14. The third kappa shape index (κ3) is 4.63. The standard InChI is InChI=1S/C25H23N3O3S/c1-4-13-28(25-26-23(16-32-25)19-9-6-5-7-10-19)24(29)20-11-8-12-21(14-20)30-15-22-17(2)27-31-18(22)3/h4-12,14,16H,1,13,15H2,2-3H3. The Balaban J connectivity index is 1.54. The summed E-state index contributed by atoms with van der Waals surface area (Å²) in [5.41, 5.74) is 4.07. The van der Waals surface area contributed by atoms with Gasteiger partial charge in [-0.05, 0) is 32.0 Å². The molecule has 0 aliphatic rings. The number of carbonyl (C=O) groups is 1. The molecular weight excluding hydrogens is 422 g/mol. The Morgan fingerprint density at radius 1 is 1.19 bits per heavy atom. The first-order chi connectivity index (χ1) is 15.6. The Morgan fingerprint density at radius 3 is 2.72 bits per heavy atom. The number of hydrogen-bond donors (Lipinski definition) is 0. The molecule has 0 bridgehead atoms. The Bertz CT molecular complexity index is 1210. The summed E-state index contributed by atoms with van der Waals surface area (Å²) in [6.45, 7) is 8.20. The van der Waals surface area contributed by atoms with Crippen LogP contribution >= 0.6 is 11.3 Å². The SMILES string of the molecule is C=CCN(C(=O)c1cccc(OCc2c(C)noc2C)c1)c1nc(-c2ccccc2)cs1. The predicted octanol–water partition coefficient (Wildman–Crippen LogP) is 5.83. The Hall–Kier alpha value is -3.71. The molecule has 4 aromatic rings. The monoisotopic (exact) mass is 445 g/mol. The van der Waals surface area contributed by atoms with Crippen LogP contribution in [-0.4, -0.2) is 22.6 Å². The minimum Gasteiger partial charge on any atom is -0.489 e. The zero-order valence-electron chi connectivity index (χ0n) is 17.9. The number of rotatable bonds is 8. The summed E-state index contributed by atoms with van der Waals surface area (Å²) in [7, 11) is 0. The highest BCUT2D eigenvalue weighted by atomic mass is 32.1. The second-order valence-corrected chi connectivity index (χ2v) is 8.04. The lowest BCUT2D eigenvalue weighted by atomic mass is 10.2. The molecule has 7 heteroatoms. The fourth-order valence-electron chi connectivity index (χ4n) is 3.24. The highest BCUT2D eigenvalue weighted by Crippen LogP contribution is 2.29. The molecule has 0 aliphatic heterocycles. The molecule has 162 valence electrons. The molecule has 0 aliphatic carbocycles. The molecule has 0 saturated carbocycles. The van der Waals surface area contributed by atoms with E-state index in [9.17, 15) is 4.79 Å². The number of hydrogen-bond acceptors (Lipinski definition) is 6. The quantitative estimate of drug-likeness (QED) is 0.319. The van der Waals surface area contributed by atoms with E-state index in [1.807, 2.05) is 55.6 Å². The van der Waals surface area contributed by atoms with Crippen molar-refractivity contribution in [3.05, 3.63) is 95.2 Å². The summed E-state index contributed by atoms with van der Waals surface area (Å²) in [5.74, 6) is 1.16. The van der Waals surface area contributed by atoms with Crippen LogP contribution in [0.25, 0.3) is 11.3 Å². The van der Waals surface area contributed by atoms with E-state index >= 15 is 0 Å². The molecule has 1 amide bonds. The van der Waals surface area contributed by atoms with Gasteiger partial charge in [-0.2, -0.15) is 0 Å². The maximum atomic E-state index is 13.3. The largest absolute Gasteiger partial charge is 0.489 e. The van der Waals surface area contributed by atoms with Crippen molar-refractivity contribution in [2.24, 2.45) is 0 Å². The van der Waals surface area contributed by atoms with Crippen LogP contribution < -0.4 is 9.64 Å². The lowest BCUT2D eigenvalue weighted by Gasteiger charge is -2.18. The normalized spacial score (nSPS) is 10.7. The van der Waals surface area contributed by atoms with Gasteiger partial charge >= 0.3 is 0 Å². The number of amides is 1. The van der Waals surface area contributed by atoms with E-state index < -0.39 is 0 Å². The van der Waals surface area contributed by atoms with Gasteiger partial charge in [-0.1, -0.05) is 47.6 Å². The van der Waals surface area contributed by atoms with Crippen molar-refractivity contribution in [3.8, 4) is 17.0 Å². The van der Waals surface area contributed by atoms with Gasteiger partial charge in [0.1, 0.15) is 18.1 Å². The maximum absolute atomic E-state index is 13.3. The fourth-order valence-corrected chi connectivity index (χ4v) is 4.09. The van der Waals surface area contributed by atoms with Crippen molar-refractivity contribution >= 4 is 22.4 Å². The second-order valence-electron chi connectivity index (χ2n) is 7.21. The highest BCUT2D eigenvalue weighted by Gasteiger charge is 2.21. The number of benzene rings is 2. The van der Waals surface area contributed by atoms with Gasteiger partial charge in [0.05, 0.1) is 17.0 Å². The first kappa shape index (κ1) is 21.5. The van der Waals surface area contributed by atoms with E-state index in [1.165, 1.54) is 11.3 Å². The topological polar surface area (TPSA) is 68.5 Å². The van der Waals surface area contributed by atoms with Crippen LogP contribution in [0.15, 0.2) is 77.2 Å². The number of anilines is 1. The number of carbonyl (C=O) groups excluding carboxylic acids is 1. The van der Waals surface area contributed by atoms with Gasteiger partial charge in [0.2, 0.25) is 0 Å². The molecule has 2 aromatic carbocycles. The van der Waals surface area contributed by atoms with E-state index in [2.05, 4.69) is 16.7 Å². The number of aromatic nitrogens is 2. The van der Waals surface area contributed by atoms with E-state index in [1.54, 1.807) is 29.2 Å². The number of thiazole rings is 1.